The van der Waals surface area contributed by atoms with E-state index in [0.29, 0.717) is 45.0 Å². The smallest absolute Gasteiger partial charge is 0.222 e. The fourth-order valence-electron chi connectivity index (χ4n) is 5.39. The predicted molar refractivity (Wildman–Crippen MR) is 125 cm³/mol. The Morgan fingerprint density at radius 3 is 2.73 bits per heavy atom. The highest BCUT2D eigenvalue weighted by Gasteiger charge is 2.29. The molecular weight excluding hydrogens is 419 g/mol. The van der Waals surface area contributed by atoms with Crippen molar-refractivity contribution < 1.29 is 13.9 Å². The number of carbonyl (C=O) groups is 1. The molecular formula is C26H33FN4O2. The van der Waals surface area contributed by atoms with E-state index in [2.05, 4.69) is 4.90 Å². The van der Waals surface area contributed by atoms with Gasteiger partial charge >= 0.3 is 0 Å². The van der Waals surface area contributed by atoms with Crippen molar-refractivity contribution >= 4 is 11.7 Å². The lowest BCUT2D eigenvalue weighted by atomic mass is 10.00. The molecule has 1 saturated carbocycles. The number of hydrogen-bond acceptors (Lipinski definition) is 5. The van der Waals surface area contributed by atoms with E-state index in [1.54, 1.807) is 12.1 Å². The van der Waals surface area contributed by atoms with Gasteiger partial charge < -0.3 is 14.5 Å². The van der Waals surface area contributed by atoms with Crippen molar-refractivity contribution in [1.29, 1.82) is 0 Å². The Bertz CT molecular complexity index is 986. The Labute approximate surface area is 195 Å². The molecule has 3 heterocycles. The summed E-state index contributed by atoms with van der Waals surface area (Å²) in [4.78, 5) is 27.1. The number of fused-ring (bicyclic) bond motifs is 1. The summed E-state index contributed by atoms with van der Waals surface area (Å²) in [6.07, 6.45) is 8.07. The lowest BCUT2D eigenvalue weighted by molar-refractivity contribution is -0.132. The fraction of sp³-hybridized carbons (Fsp3) is 0.577. The van der Waals surface area contributed by atoms with E-state index in [1.807, 2.05) is 11.0 Å². The minimum Gasteiger partial charge on any atom is -0.378 e. The zero-order chi connectivity index (χ0) is 22.6. The highest BCUT2D eigenvalue weighted by molar-refractivity contribution is 5.76. The van der Waals surface area contributed by atoms with Gasteiger partial charge in [-0.2, -0.15) is 0 Å². The van der Waals surface area contributed by atoms with Crippen LogP contribution in [0.5, 0.6) is 0 Å². The quantitative estimate of drug-likeness (QED) is 0.665. The van der Waals surface area contributed by atoms with Crippen LogP contribution in [0.1, 0.15) is 61.2 Å². The SMILES string of the molecule is O=C(CCC1CCCC1)N1CCc2nc(Cc3cccc(F)c3)nc(N3CCOCC3)c2C1. The van der Waals surface area contributed by atoms with Crippen molar-refractivity contribution in [1.82, 2.24) is 14.9 Å². The highest BCUT2D eigenvalue weighted by atomic mass is 19.1. The number of nitrogens with zero attached hydrogens (tertiary/aromatic N) is 4. The van der Waals surface area contributed by atoms with E-state index in [9.17, 15) is 9.18 Å². The number of halogens is 1. The summed E-state index contributed by atoms with van der Waals surface area (Å²) in [7, 11) is 0. The van der Waals surface area contributed by atoms with Crippen molar-refractivity contribution in [2.75, 3.05) is 37.7 Å². The van der Waals surface area contributed by atoms with Crippen LogP contribution < -0.4 is 4.90 Å². The molecule has 0 N–H and O–H groups in total. The summed E-state index contributed by atoms with van der Waals surface area (Å²) in [5.41, 5.74) is 2.96. The molecule has 0 atom stereocenters. The van der Waals surface area contributed by atoms with E-state index in [1.165, 1.54) is 31.7 Å². The molecule has 6 nitrogen and oxygen atoms in total. The van der Waals surface area contributed by atoms with Crippen LogP contribution in [0.15, 0.2) is 24.3 Å². The van der Waals surface area contributed by atoms with Gasteiger partial charge in [-0.15, -0.1) is 0 Å². The maximum Gasteiger partial charge on any atom is 0.222 e. The minimum absolute atomic E-state index is 0.245. The summed E-state index contributed by atoms with van der Waals surface area (Å²) in [5.74, 6) is 2.36. The van der Waals surface area contributed by atoms with Crippen molar-refractivity contribution in [3.63, 3.8) is 0 Å². The van der Waals surface area contributed by atoms with Crippen molar-refractivity contribution in [3.05, 3.63) is 52.7 Å². The van der Waals surface area contributed by atoms with Gasteiger partial charge in [0.05, 0.1) is 25.5 Å². The van der Waals surface area contributed by atoms with Crippen molar-refractivity contribution in [2.45, 2.75) is 57.9 Å². The summed E-state index contributed by atoms with van der Waals surface area (Å²) in [6, 6.07) is 6.63. The maximum absolute atomic E-state index is 13.7. The third-order valence-corrected chi connectivity index (χ3v) is 7.24. The first-order valence-corrected chi connectivity index (χ1v) is 12.4. The lowest BCUT2D eigenvalue weighted by Gasteiger charge is -2.34. The fourth-order valence-corrected chi connectivity index (χ4v) is 5.39. The highest BCUT2D eigenvalue weighted by Crippen LogP contribution is 2.31. The summed E-state index contributed by atoms with van der Waals surface area (Å²) >= 11 is 0. The number of hydrogen-bond donors (Lipinski definition) is 0. The second-order valence-electron chi connectivity index (χ2n) is 9.55. The predicted octanol–water partition coefficient (Wildman–Crippen LogP) is 3.90. The van der Waals surface area contributed by atoms with Crippen molar-refractivity contribution in [3.8, 4) is 0 Å². The number of anilines is 1. The molecule has 3 aliphatic rings. The second kappa shape index (κ2) is 10.2. The Morgan fingerprint density at radius 2 is 1.94 bits per heavy atom. The Kier molecular flexibility index (Phi) is 6.85. The first-order valence-electron chi connectivity index (χ1n) is 12.4. The van der Waals surface area contributed by atoms with Gasteiger partial charge in [-0.3, -0.25) is 4.79 Å². The molecule has 0 bridgehead atoms. The number of benzene rings is 1. The van der Waals surface area contributed by atoms with E-state index in [0.717, 1.165) is 54.5 Å². The van der Waals surface area contributed by atoms with Gasteiger partial charge in [0.15, 0.2) is 0 Å². The molecule has 33 heavy (non-hydrogen) atoms. The number of ether oxygens (including phenoxy) is 1. The van der Waals surface area contributed by atoms with Gasteiger partial charge in [-0.1, -0.05) is 37.8 Å². The van der Waals surface area contributed by atoms with Gasteiger partial charge in [0.1, 0.15) is 17.5 Å². The van der Waals surface area contributed by atoms with Crippen LogP contribution in [0.2, 0.25) is 0 Å². The molecule has 1 aliphatic carbocycles. The van der Waals surface area contributed by atoms with Crippen LogP contribution in [0.3, 0.4) is 0 Å². The second-order valence-corrected chi connectivity index (χ2v) is 9.55. The minimum atomic E-state index is -0.245. The van der Waals surface area contributed by atoms with Gasteiger partial charge in [0.25, 0.3) is 0 Å². The molecule has 2 aliphatic heterocycles. The Morgan fingerprint density at radius 1 is 1.12 bits per heavy atom. The third kappa shape index (κ3) is 5.35. The van der Waals surface area contributed by atoms with Gasteiger partial charge in [0.2, 0.25) is 5.91 Å². The normalized spacial score (nSPS) is 19.1. The number of amides is 1. The van der Waals surface area contributed by atoms with Gasteiger partial charge in [0, 0.05) is 44.5 Å². The van der Waals surface area contributed by atoms with Crippen LogP contribution in [0, 0.1) is 11.7 Å². The molecule has 0 unspecified atom stereocenters. The average Bonchev–Trinajstić information content (AvgIpc) is 3.36. The number of aromatic nitrogens is 2. The molecule has 1 aromatic carbocycles. The molecule has 2 fully saturated rings. The molecule has 1 amide bonds. The molecule has 1 aromatic heterocycles. The first kappa shape index (κ1) is 22.3. The van der Waals surface area contributed by atoms with Gasteiger partial charge in [-0.25, -0.2) is 14.4 Å². The van der Waals surface area contributed by atoms with E-state index < -0.39 is 0 Å². The standard InChI is InChI=1S/C26H33FN4O2/c27-21-7-3-6-20(16-21)17-24-28-23-10-11-31(25(32)9-8-19-4-1-2-5-19)18-22(23)26(29-24)30-12-14-33-15-13-30/h3,6-7,16,19H,1-2,4-5,8-15,17-18H2. The molecule has 0 spiro atoms. The molecule has 1 saturated heterocycles. The molecule has 7 heteroatoms. The Hall–Kier alpha value is -2.54. The van der Waals surface area contributed by atoms with Crippen molar-refractivity contribution in [2.24, 2.45) is 5.92 Å². The molecule has 0 radical (unpaired) electrons. The molecule has 176 valence electrons. The maximum atomic E-state index is 13.7. The summed E-state index contributed by atoms with van der Waals surface area (Å²) in [5, 5.41) is 0. The first-order chi connectivity index (χ1) is 16.2. The van der Waals surface area contributed by atoms with E-state index >= 15 is 0 Å². The molecule has 5 rings (SSSR count). The third-order valence-electron chi connectivity index (χ3n) is 7.24. The van der Waals surface area contributed by atoms with Crippen LogP contribution in [-0.4, -0.2) is 53.6 Å². The largest absolute Gasteiger partial charge is 0.378 e. The monoisotopic (exact) mass is 452 g/mol. The van der Waals surface area contributed by atoms with Crippen LogP contribution in [0.25, 0.3) is 0 Å². The van der Waals surface area contributed by atoms with Crippen LogP contribution >= 0.6 is 0 Å². The summed E-state index contributed by atoms with van der Waals surface area (Å²) in [6.45, 7) is 4.17. The average molecular weight is 453 g/mol. The van der Waals surface area contributed by atoms with E-state index in [4.69, 9.17) is 14.7 Å². The lowest BCUT2D eigenvalue weighted by Crippen LogP contribution is -2.41. The number of rotatable bonds is 6. The van der Waals surface area contributed by atoms with Crippen LogP contribution in [-0.2, 0) is 28.9 Å². The van der Waals surface area contributed by atoms with Crippen LogP contribution in [0.4, 0.5) is 10.2 Å². The van der Waals surface area contributed by atoms with E-state index in [-0.39, 0.29) is 11.7 Å². The zero-order valence-corrected chi connectivity index (χ0v) is 19.3. The summed E-state index contributed by atoms with van der Waals surface area (Å²) < 4.78 is 19.2. The van der Waals surface area contributed by atoms with Gasteiger partial charge in [-0.05, 0) is 30.0 Å². The Balaban J connectivity index is 1.36. The number of carbonyl (C=O) groups excluding carboxylic acids is 1. The zero-order valence-electron chi connectivity index (χ0n) is 19.3. The molecule has 2 aromatic rings. The topological polar surface area (TPSA) is 58.6 Å². The number of morpholine rings is 1.